The number of hydrogen-bond donors (Lipinski definition) is 0. The van der Waals surface area contributed by atoms with Crippen LogP contribution in [0.25, 0.3) is 0 Å². The highest BCUT2D eigenvalue weighted by molar-refractivity contribution is 5.36. The van der Waals surface area contributed by atoms with Gasteiger partial charge >= 0.3 is 12.4 Å². The van der Waals surface area contributed by atoms with E-state index in [1.165, 1.54) is 6.92 Å². The fraction of sp³-hybridized carbons (Fsp3) is 0.500. The average molecular weight is 300 g/mol. The second-order valence-electron chi connectivity index (χ2n) is 4.44. The molecule has 1 aromatic carbocycles. The zero-order chi connectivity index (χ0) is 15.2. The second kappa shape index (κ2) is 4.63. The predicted octanol–water partition coefficient (Wildman–Crippen LogP) is 3.94. The van der Waals surface area contributed by atoms with Crippen molar-refractivity contribution >= 4 is 0 Å². The molecule has 1 aliphatic rings. The van der Waals surface area contributed by atoms with Gasteiger partial charge in [0.2, 0.25) is 0 Å². The van der Waals surface area contributed by atoms with Crippen molar-refractivity contribution in [2.24, 2.45) is 0 Å². The van der Waals surface area contributed by atoms with Crippen LogP contribution < -0.4 is 0 Å². The van der Waals surface area contributed by atoms with Crippen LogP contribution in [0, 0.1) is 0 Å². The molecule has 0 atom stereocenters. The molecule has 8 heteroatoms. The Kier molecular flexibility index (Phi) is 3.50. The molecule has 0 aromatic heterocycles. The molecule has 1 fully saturated rings. The maximum Gasteiger partial charge on any atom is 0.416 e. The Morgan fingerprint density at radius 1 is 0.850 bits per heavy atom. The maximum atomic E-state index is 12.7. The number of halogens is 6. The molecule has 2 nitrogen and oxygen atoms in total. The van der Waals surface area contributed by atoms with Crippen LogP contribution in [0.1, 0.15) is 23.6 Å². The molecule has 0 aliphatic carbocycles. The molecule has 0 saturated carbocycles. The van der Waals surface area contributed by atoms with Crippen molar-refractivity contribution in [3.8, 4) is 0 Å². The Balaban J connectivity index is 2.57. The van der Waals surface area contributed by atoms with E-state index < -0.39 is 29.3 Å². The summed E-state index contributed by atoms with van der Waals surface area (Å²) in [4.78, 5) is 0. The number of alkyl halides is 6. The van der Waals surface area contributed by atoms with Crippen LogP contribution in [-0.4, -0.2) is 13.2 Å². The molecule has 20 heavy (non-hydrogen) atoms. The molecule has 1 aromatic rings. The van der Waals surface area contributed by atoms with Crippen LogP contribution in [0.2, 0.25) is 0 Å². The van der Waals surface area contributed by atoms with Crippen molar-refractivity contribution in [3.05, 3.63) is 34.9 Å². The van der Waals surface area contributed by atoms with Gasteiger partial charge in [-0.2, -0.15) is 26.3 Å². The Labute approximate surface area is 110 Å². The minimum atomic E-state index is -4.88. The van der Waals surface area contributed by atoms with Gasteiger partial charge in [0.25, 0.3) is 0 Å². The summed E-state index contributed by atoms with van der Waals surface area (Å²) in [5, 5.41) is 0. The molecular weight excluding hydrogens is 290 g/mol. The van der Waals surface area contributed by atoms with Gasteiger partial charge < -0.3 is 9.47 Å². The lowest BCUT2D eigenvalue weighted by molar-refractivity contribution is -0.154. The van der Waals surface area contributed by atoms with Gasteiger partial charge in [-0.25, -0.2) is 0 Å². The van der Waals surface area contributed by atoms with Gasteiger partial charge in [-0.15, -0.1) is 0 Å². The largest absolute Gasteiger partial charge is 0.416 e. The third kappa shape index (κ3) is 2.90. The van der Waals surface area contributed by atoms with Crippen molar-refractivity contribution in [2.45, 2.75) is 25.1 Å². The fourth-order valence-electron chi connectivity index (χ4n) is 1.90. The Morgan fingerprint density at radius 3 is 1.60 bits per heavy atom. The van der Waals surface area contributed by atoms with Crippen molar-refractivity contribution in [1.29, 1.82) is 0 Å². The van der Waals surface area contributed by atoms with E-state index in [0.29, 0.717) is 12.1 Å². The third-order valence-electron chi connectivity index (χ3n) is 2.95. The first kappa shape index (κ1) is 15.1. The van der Waals surface area contributed by atoms with E-state index >= 15 is 0 Å². The molecule has 0 radical (unpaired) electrons. The Hall–Kier alpha value is -1.28. The van der Waals surface area contributed by atoms with E-state index in [1.807, 2.05) is 0 Å². The second-order valence-corrected chi connectivity index (χ2v) is 4.44. The summed E-state index contributed by atoms with van der Waals surface area (Å²) < 4.78 is 86.4. The average Bonchev–Trinajstić information content (AvgIpc) is 2.75. The first-order chi connectivity index (χ1) is 9.02. The van der Waals surface area contributed by atoms with Gasteiger partial charge in [0.1, 0.15) is 0 Å². The minimum Gasteiger partial charge on any atom is -0.344 e. The first-order valence-corrected chi connectivity index (χ1v) is 5.60. The van der Waals surface area contributed by atoms with Crippen LogP contribution in [0.15, 0.2) is 18.2 Å². The lowest BCUT2D eigenvalue weighted by Gasteiger charge is -2.25. The summed E-state index contributed by atoms with van der Waals surface area (Å²) in [5.41, 5.74) is -3.08. The third-order valence-corrected chi connectivity index (χ3v) is 2.95. The molecule has 0 bridgehead atoms. The van der Waals surface area contributed by atoms with Gasteiger partial charge in [0, 0.05) is 5.56 Å². The molecule has 0 amide bonds. The summed E-state index contributed by atoms with van der Waals surface area (Å²) in [5.74, 6) is -1.60. The van der Waals surface area contributed by atoms with Crippen molar-refractivity contribution in [1.82, 2.24) is 0 Å². The zero-order valence-corrected chi connectivity index (χ0v) is 10.2. The van der Waals surface area contributed by atoms with E-state index in [-0.39, 0.29) is 24.8 Å². The van der Waals surface area contributed by atoms with Gasteiger partial charge in [-0.1, -0.05) is 0 Å². The van der Waals surface area contributed by atoms with E-state index in [1.54, 1.807) is 0 Å². The minimum absolute atomic E-state index is 0.0712. The van der Waals surface area contributed by atoms with Crippen molar-refractivity contribution in [2.75, 3.05) is 13.2 Å². The number of hydrogen-bond acceptors (Lipinski definition) is 2. The standard InChI is InChI=1S/C12H10F6O2/c1-10(19-2-3-20-10)7-4-8(11(13,14)15)6-9(5-7)12(16,17)18/h4-6H,2-3H2,1H3. The van der Waals surface area contributed by atoms with Crippen LogP contribution >= 0.6 is 0 Å². The number of rotatable bonds is 1. The summed E-state index contributed by atoms with van der Waals surface area (Å²) in [7, 11) is 0. The molecule has 0 spiro atoms. The Morgan fingerprint density at radius 2 is 1.25 bits per heavy atom. The normalized spacial score (nSPS) is 19.4. The smallest absolute Gasteiger partial charge is 0.344 e. The maximum absolute atomic E-state index is 12.7. The molecule has 1 heterocycles. The van der Waals surface area contributed by atoms with Crippen LogP contribution in [0.5, 0.6) is 0 Å². The van der Waals surface area contributed by atoms with Gasteiger partial charge in [0.05, 0.1) is 24.3 Å². The zero-order valence-electron chi connectivity index (χ0n) is 10.2. The molecule has 2 rings (SSSR count). The van der Waals surface area contributed by atoms with Gasteiger partial charge in [-0.05, 0) is 25.1 Å². The predicted molar refractivity (Wildman–Crippen MR) is 55.7 cm³/mol. The molecule has 1 aliphatic heterocycles. The fourth-order valence-corrected chi connectivity index (χ4v) is 1.90. The SMILES string of the molecule is CC1(c2cc(C(F)(F)F)cc(C(F)(F)F)c2)OCCO1. The quantitative estimate of drug-likeness (QED) is 0.731. The summed E-state index contributed by atoms with van der Waals surface area (Å²) in [6.45, 7) is 1.50. The summed E-state index contributed by atoms with van der Waals surface area (Å²) >= 11 is 0. The molecule has 1 saturated heterocycles. The Bertz CT molecular complexity index is 467. The van der Waals surface area contributed by atoms with Crippen molar-refractivity contribution in [3.63, 3.8) is 0 Å². The van der Waals surface area contributed by atoms with E-state index in [9.17, 15) is 26.3 Å². The molecule has 0 N–H and O–H groups in total. The lowest BCUT2D eigenvalue weighted by Crippen LogP contribution is -2.24. The topological polar surface area (TPSA) is 18.5 Å². The monoisotopic (exact) mass is 300 g/mol. The van der Waals surface area contributed by atoms with Crippen molar-refractivity contribution < 1.29 is 35.8 Å². The summed E-state index contributed by atoms with van der Waals surface area (Å²) in [6.07, 6.45) is -9.77. The van der Waals surface area contributed by atoms with Gasteiger partial charge in [-0.3, -0.25) is 0 Å². The van der Waals surface area contributed by atoms with Crippen LogP contribution in [0.3, 0.4) is 0 Å². The molecule has 0 unspecified atom stereocenters. The highest BCUT2D eigenvalue weighted by atomic mass is 19.4. The van der Waals surface area contributed by atoms with E-state index in [0.717, 1.165) is 0 Å². The van der Waals surface area contributed by atoms with Gasteiger partial charge in [0.15, 0.2) is 5.79 Å². The number of benzene rings is 1. The highest BCUT2D eigenvalue weighted by Crippen LogP contribution is 2.40. The lowest BCUT2D eigenvalue weighted by atomic mass is 9.99. The van der Waals surface area contributed by atoms with Crippen LogP contribution in [-0.2, 0) is 27.6 Å². The molecule has 112 valence electrons. The highest BCUT2D eigenvalue weighted by Gasteiger charge is 2.41. The van der Waals surface area contributed by atoms with E-state index in [2.05, 4.69) is 0 Å². The molecular formula is C12H10F6O2. The summed E-state index contributed by atoms with van der Waals surface area (Å²) in [6, 6.07) is 1.29. The first-order valence-electron chi connectivity index (χ1n) is 5.60. The van der Waals surface area contributed by atoms with Crippen LogP contribution in [0.4, 0.5) is 26.3 Å². The van der Waals surface area contributed by atoms with E-state index in [4.69, 9.17) is 9.47 Å². The number of ether oxygens (including phenoxy) is 2.